The van der Waals surface area contributed by atoms with Gasteiger partial charge in [-0.15, -0.1) is 45.3 Å². The average molecular weight is 459 g/mol. The molecule has 0 aliphatic carbocycles. The lowest BCUT2D eigenvalue weighted by molar-refractivity contribution is 1.52. The molecule has 2 aromatic carbocycles. The van der Waals surface area contributed by atoms with Gasteiger partial charge in [-0.3, -0.25) is 0 Å². The Hall–Kier alpha value is -2.24. The molecular formula is C26H18S4. The van der Waals surface area contributed by atoms with E-state index in [1.807, 2.05) is 45.3 Å². The highest BCUT2D eigenvalue weighted by Crippen LogP contribution is 2.43. The van der Waals surface area contributed by atoms with Crippen LogP contribution in [-0.4, -0.2) is 0 Å². The summed E-state index contributed by atoms with van der Waals surface area (Å²) in [5, 5.41) is 2.73. The fourth-order valence-corrected chi connectivity index (χ4v) is 8.13. The molecule has 146 valence electrons. The monoisotopic (exact) mass is 458 g/mol. The smallest absolute Gasteiger partial charge is 0.0449 e. The zero-order valence-electron chi connectivity index (χ0n) is 16.6. The number of fused-ring (bicyclic) bond motifs is 3. The Kier molecular flexibility index (Phi) is 4.43. The molecule has 0 nitrogen and oxygen atoms in total. The summed E-state index contributed by atoms with van der Waals surface area (Å²) in [6.45, 7) is 4.33. The van der Waals surface area contributed by atoms with Gasteiger partial charge in [0.1, 0.15) is 0 Å². The zero-order chi connectivity index (χ0) is 20.2. The van der Waals surface area contributed by atoms with E-state index in [2.05, 4.69) is 86.6 Å². The van der Waals surface area contributed by atoms with Crippen LogP contribution in [0.2, 0.25) is 0 Å². The van der Waals surface area contributed by atoms with Crippen molar-refractivity contribution in [2.24, 2.45) is 0 Å². The van der Waals surface area contributed by atoms with Crippen molar-refractivity contribution in [3.63, 3.8) is 0 Å². The summed E-state index contributed by atoms with van der Waals surface area (Å²) in [6, 6.07) is 27.2. The molecule has 0 amide bonds. The zero-order valence-corrected chi connectivity index (χ0v) is 19.8. The van der Waals surface area contributed by atoms with Gasteiger partial charge in [0.2, 0.25) is 0 Å². The van der Waals surface area contributed by atoms with Crippen LogP contribution in [-0.2, 0) is 0 Å². The van der Waals surface area contributed by atoms with Crippen LogP contribution in [0.5, 0.6) is 0 Å². The molecule has 4 heterocycles. The maximum absolute atomic E-state index is 2.36. The second-order valence-corrected chi connectivity index (χ2v) is 12.1. The number of thiophene rings is 4. The van der Waals surface area contributed by atoms with Gasteiger partial charge < -0.3 is 0 Å². The van der Waals surface area contributed by atoms with Gasteiger partial charge in [0, 0.05) is 49.4 Å². The van der Waals surface area contributed by atoms with Crippen LogP contribution in [0.3, 0.4) is 0 Å². The van der Waals surface area contributed by atoms with Crippen molar-refractivity contribution >= 4 is 65.5 Å². The first kappa shape index (κ1) is 18.5. The van der Waals surface area contributed by atoms with Crippen LogP contribution >= 0.6 is 45.3 Å². The Balaban J connectivity index is 1.36. The lowest BCUT2D eigenvalue weighted by Gasteiger charge is -1.98. The average Bonchev–Trinajstić information content (AvgIpc) is 3.51. The molecule has 0 atom stereocenters. The maximum atomic E-state index is 2.36. The second kappa shape index (κ2) is 7.17. The summed E-state index contributed by atoms with van der Waals surface area (Å²) in [6.07, 6.45) is 0. The third-order valence-corrected chi connectivity index (χ3v) is 10.1. The summed E-state index contributed by atoms with van der Waals surface area (Å²) in [5.74, 6) is 0. The van der Waals surface area contributed by atoms with Crippen molar-refractivity contribution in [3.8, 4) is 29.9 Å². The van der Waals surface area contributed by atoms with Crippen molar-refractivity contribution in [2.75, 3.05) is 0 Å². The second-order valence-electron chi connectivity index (χ2n) is 7.55. The molecule has 0 fully saturated rings. The number of aryl methyl sites for hydroxylation is 2. The molecule has 4 heteroatoms. The summed E-state index contributed by atoms with van der Waals surface area (Å²) in [7, 11) is 0. The molecule has 0 spiro atoms. The molecule has 0 bridgehead atoms. The van der Waals surface area contributed by atoms with E-state index < -0.39 is 0 Å². The molecule has 30 heavy (non-hydrogen) atoms. The van der Waals surface area contributed by atoms with Gasteiger partial charge in [0.15, 0.2) is 0 Å². The lowest BCUT2D eigenvalue weighted by Crippen LogP contribution is -1.72. The molecule has 0 saturated heterocycles. The molecule has 0 unspecified atom stereocenters. The minimum absolute atomic E-state index is 1.31. The summed E-state index contributed by atoms with van der Waals surface area (Å²) >= 11 is 7.55. The van der Waals surface area contributed by atoms with Crippen LogP contribution < -0.4 is 0 Å². The highest BCUT2D eigenvalue weighted by Gasteiger charge is 2.11. The first-order valence-corrected chi connectivity index (χ1v) is 13.1. The van der Waals surface area contributed by atoms with E-state index in [1.54, 1.807) is 0 Å². The number of rotatable bonds is 3. The van der Waals surface area contributed by atoms with Crippen LogP contribution in [0.15, 0.2) is 72.8 Å². The summed E-state index contributed by atoms with van der Waals surface area (Å²) in [5.41, 5.74) is 2.64. The fraction of sp³-hybridized carbons (Fsp3) is 0.0769. The highest BCUT2D eigenvalue weighted by atomic mass is 32.1. The minimum Gasteiger partial charge on any atom is -0.140 e. The topological polar surface area (TPSA) is 0 Å². The standard InChI is InChI=1S/C26H18S4/c1-15-3-6-18-19-7-5-17(14-26(19)30-25(18)13-15)20-9-10-23(28-20)24-12-11-22(29-24)21-8-4-16(2)27-21/h3-14H,1-2H3. The fourth-order valence-electron chi connectivity index (χ4n) is 3.83. The van der Waals surface area contributed by atoms with Crippen LogP contribution in [0.25, 0.3) is 50.1 Å². The molecule has 0 N–H and O–H groups in total. The Morgan fingerprint density at radius 2 is 1.03 bits per heavy atom. The number of hydrogen-bond donors (Lipinski definition) is 0. The quantitative estimate of drug-likeness (QED) is 0.247. The largest absolute Gasteiger partial charge is 0.140 e. The summed E-state index contributed by atoms with van der Waals surface area (Å²) in [4.78, 5) is 8.13. The molecule has 6 aromatic rings. The molecular weight excluding hydrogens is 441 g/mol. The number of benzene rings is 2. The SMILES string of the molecule is Cc1ccc2c(c1)sc1cc(-c3ccc(-c4ccc(-c5ccc(C)s5)s4)s3)ccc12. The predicted molar refractivity (Wildman–Crippen MR) is 139 cm³/mol. The number of hydrogen-bond acceptors (Lipinski definition) is 4. The van der Waals surface area contributed by atoms with Crippen molar-refractivity contribution < 1.29 is 0 Å². The predicted octanol–water partition coefficient (Wildman–Crippen LogP) is 9.86. The first-order chi connectivity index (χ1) is 14.6. The molecule has 0 aliphatic heterocycles. The lowest BCUT2D eigenvalue weighted by atomic mass is 10.1. The Morgan fingerprint density at radius 1 is 0.467 bits per heavy atom. The molecule has 6 rings (SSSR count). The minimum atomic E-state index is 1.31. The Bertz CT molecular complexity index is 1520. The van der Waals surface area contributed by atoms with Gasteiger partial charge in [0.05, 0.1) is 0 Å². The first-order valence-electron chi connectivity index (χ1n) is 9.84. The van der Waals surface area contributed by atoms with E-state index in [0.29, 0.717) is 0 Å². The maximum Gasteiger partial charge on any atom is 0.0449 e. The van der Waals surface area contributed by atoms with E-state index in [9.17, 15) is 0 Å². The van der Waals surface area contributed by atoms with Gasteiger partial charge in [-0.1, -0.05) is 24.3 Å². The van der Waals surface area contributed by atoms with Gasteiger partial charge in [-0.05, 0) is 73.5 Å². The molecule has 0 aliphatic rings. The van der Waals surface area contributed by atoms with E-state index >= 15 is 0 Å². The van der Waals surface area contributed by atoms with Crippen LogP contribution in [0.4, 0.5) is 0 Å². The van der Waals surface area contributed by atoms with Gasteiger partial charge in [-0.25, -0.2) is 0 Å². The normalized spacial score (nSPS) is 11.7. The van der Waals surface area contributed by atoms with Crippen LogP contribution in [0, 0.1) is 13.8 Å². The van der Waals surface area contributed by atoms with Crippen molar-refractivity contribution in [1.82, 2.24) is 0 Å². The van der Waals surface area contributed by atoms with E-state index in [-0.39, 0.29) is 0 Å². The molecule has 0 radical (unpaired) electrons. The Morgan fingerprint density at radius 3 is 1.73 bits per heavy atom. The van der Waals surface area contributed by atoms with Gasteiger partial charge >= 0.3 is 0 Å². The van der Waals surface area contributed by atoms with Gasteiger partial charge in [-0.2, -0.15) is 0 Å². The Labute approximate surface area is 191 Å². The summed E-state index contributed by atoms with van der Waals surface area (Å²) < 4.78 is 2.75. The molecule has 0 saturated carbocycles. The third-order valence-electron chi connectivity index (χ3n) is 5.35. The van der Waals surface area contributed by atoms with Crippen molar-refractivity contribution in [3.05, 3.63) is 83.2 Å². The third kappa shape index (κ3) is 3.15. The van der Waals surface area contributed by atoms with E-state index in [4.69, 9.17) is 0 Å². The van der Waals surface area contributed by atoms with E-state index in [0.717, 1.165) is 0 Å². The highest BCUT2D eigenvalue weighted by molar-refractivity contribution is 7.27. The van der Waals surface area contributed by atoms with Crippen molar-refractivity contribution in [1.29, 1.82) is 0 Å². The van der Waals surface area contributed by atoms with Crippen LogP contribution in [0.1, 0.15) is 10.4 Å². The van der Waals surface area contributed by atoms with E-state index in [1.165, 1.54) is 60.6 Å². The molecule has 4 aromatic heterocycles. The van der Waals surface area contributed by atoms with Crippen molar-refractivity contribution in [2.45, 2.75) is 13.8 Å². The van der Waals surface area contributed by atoms with Gasteiger partial charge in [0.25, 0.3) is 0 Å².